The van der Waals surface area contributed by atoms with E-state index in [9.17, 15) is 8.42 Å². The van der Waals surface area contributed by atoms with Gasteiger partial charge < -0.3 is 10.2 Å². The first-order valence-corrected chi connectivity index (χ1v) is 8.11. The van der Waals surface area contributed by atoms with E-state index in [0.717, 1.165) is 31.9 Å². The molecule has 0 saturated carbocycles. The molecule has 1 aliphatic heterocycles. The van der Waals surface area contributed by atoms with E-state index in [1.165, 1.54) is 0 Å². The van der Waals surface area contributed by atoms with Gasteiger partial charge in [-0.1, -0.05) is 0 Å². The minimum Gasteiger partial charge on any atom is -0.369 e. The molecule has 0 aromatic heterocycles. The van der Waals surface area contributed by atoms with Crippen molar-refractivity contribution in [2.45, 2.75) is 19.1 Å². The molecule has 1 heterocycles. The van der Waals surface area contributed by atoms with E-state index in [1.54, 1.807) is 13.8 Å². The number of rotatable bonds is 4. The molecule has 5 nitrogen and oxygen atoms in total. The molecule has 19 heavy (non-hydrogen) atoms. The molecule has 0 bridgehead atoms. The van der Waals surface area contributed by atoms with Crippen LogP contribution >= 0.6 is 0 Å². The van der Waals surface area contributed by atoms with Crippen LogP contribution in [0, 0.1) is 0 Å². The van der Waals surface area contributed by atoms with Crippen LogP contribution < -0.4 is 14.9 Å². The van der Waals surface area contributed by atoms with E-state index in [1.807, 2.05) is 24.3 Å². The first-order chi connectivity index (χ1) is 8.99. The van der Waals surface area contributed by atoms with E-state index < -0.39 is 15.3 Å². The highest BCUT2D eigenvalue weighted by atomic mass is 32.2. The van der Waals surface area contributed by atoms with E-state index in [0.29, 0.717) is 5.69 Å². The van der Waals surface area contributed by atoms with Crippen molar-refractivity contribution in [3.05, 3.63) is 24.3 Å². The normalized spacial score (nSPS) is 16.7. The summed E-state index contributed by atoms with van der Waals surface area (Å²) in [5.74, 6) is 0. The van der Waals surface area contributed by atoms with Crippen LogP contribution in [0.4, 0.5) is 11.4 Å². The maximum atomic E-state index is 11.8. The molecule has 1 fully saturated rings. The molecule has 2 N–H and O–H groups in total. The van der Waals surface area contributed by atoms with Crippen LogP contribution in [-0.4, -0.2) is 39.8 Å². The third kappa shape index (κ3) is 3.61. The van der Waals surface area contributed by atoms with Crippen molar-refractivity contribution >= 4 is 21.4 Å². The number of nitrogens with one attached hydrogen (secondary N) is 2. The van der Waals surface area contributed by atoms with Gasteiger partial charge in [-0.2, -0.15) is 0 Å². The van der Waals surface area contributed by atoms with Crippen LogP contribution in [-0.2, 0) is 10.0 Å². The quantitative estimate of drug-likeness (QED) is 0.873. The Morgan fingerprint density at radius 3 is 2.26 bits per heavy atom. The second-order valence-electron chi connectivity index (χ2n) is 4.98. The molecule has 0 atom stereocenters. The number of anilines is 2. The largest absolute Gasteiger partial charge is 0.369 e. The van der Waals surface area contributed by atoms with Crippen molar-refractivity contribution in [1.82, 2.24) is 5.32 Å². The summed E-state index contributed by atoms with van der Waals surface area (Å²) in [6.45, 7) is 7.27. The number of hydrogen-bond donors (Lipinski definition) is 2. The summed E-state index contributed by atoms with van der Waals surface area (Å²) in [6.07, 6.45) is 0. The number of piperazine rings is 1. The van der Waals surface area contributed by atoms with Crippen molar-refractivity contribution in [3.8, 4) is 0 Å². The van der Waals surface area contributed by atoms with E-state index in [4.69, 9.17) is 0 Å². The average molecular weight is 283 g/mol. The van der Waals surface area contributed by atoms with Crippen LogP contribution in [0.2, 0.25) is 0 Å². The lowest BCUT2D eigenvalue weighted by atomic mass is 10.2. The van der Waals surface area contributed by atoms with Gasteiger partial charge in [0.2, 0.25) is 10.0 Å². The number of sulfonamides is 1. The van der Waals surface area contributed by atoms with Crippen molar-refractivity contribution in [2.75, 3.05) is 35.8 Å². The summed E-state index contributed by atoms with van der Waals surface area (Å²) in [4.78, 5) is 2.29. The predicted molar refractivity (Wildman–Crippen MR) is 79.2 cm³/mol. The second kappa shape index (κ2) is 5.79. The van der Waals surface area contributed by atoms with Gasteiger partial charge in [-0.3, -0.25) is 4.72 Å². The Labute approximate surface area is 115 Å². The molecule has 1 aromatic rings. The van der Waals surface area contributed by atoms with Crippen molar-refractivity contribution < 1.29 is 8.42 Å². The minimum atomic E-state index is -3.26. The van der Waals surface area contributed by atoms with Gasteiger partial charge in [0.1, 0.15) is 0 Å². The second-order valence-corrected chi connectivity index (χ2v) is 7.22. The highest BCUT2D eigenvalue weighted by Gasteiger charge is 2.16. The lowest BCUT2D eigenvalue weighted by molar-refractivity contribution is 0.589. The van der Waals surface area contributed by atoms with Crippen LogP contribution in [0.25, 0.3) is 0 Å². The molecular weight excluding hydrogens is 262 g/mol. The third-order valence-electron chi connectivity index (χ3n) is 3.23. The molecule has 6 heteroatoms. The van der Waals surface area contributed by atoms with E-state index in [2.05, 4.69) is 14.9 Å². The number of benzene rings is 1. The Kier molecular flexibility index (Phi) is 4.31. The van der Waals surface area contributed by atoms with Gasteiger partial charge in [0.15, 0.2) is 0 Å². The van der Waals surface area contributed by atoms with Gasteiger partial charge in [0.25, 0.3) is 0 Å². The SMILES string of the molecule is CC(C)S(=O)(=O)Nc1ccc(N2CCNCC2)cc1. The average Bonchev–Trinajstić information content (AvgIpc) is 2.40. The Bertz CT molecular complexity index is 505. The topological polar surface area (TPSA) is 61.4 Å². The van der Waals surface area contributed by atoms with Gasteiger partial charge in [0.05, 0.1) is 5.25 Å². The van der Waals surface area contributed by atoms with Crippen LogP contribution in [0.15, 0.2) is 24.3 Å². The van der Waals surface area contributed by atoms with Crippen LogP contribution in [0.3, 0.4) is 0 Å². The zero-order valence-electron chi connectivity index (χ0n) is 11.4. The van der Waals surface area contributed by atoms with Crippen molar-refractivity contribution in [2.24, 2.45) is 0 Å². The van der Waals surface area contributed by atoms with E-state index >= 15 is 0 Å². The Morgan fingerprint density at radius 1 is 1.16 bits per heavy atom. The van der Waals surface area contributed by atoms with Crippen LogP contribution in [0.5, 0.6) is 0 Å². The molecule has 1 saturated heterocycles. The Morgan fingerprint density at radius 2 is 1.74 bits per heavy atom. The summed E-state index contributed by atoms with van der Waals surface area (Å²) in [7, 11) is -3.26. The van der Waals surface area contributed by atoms with Crippen LogP contribution in [0.1, 0.15) is 13.8 Å². The molecule has 0 aliphatic carbocycles. The number of hydrogen-bond acceptors (Lipinski definition) is 4. The lowest BCUT2D eigenvalue weighted by Crippen LogP contribution is -2.43. The summed E-state index contributed by atoms with van der Waals surface area (Å²) in [5.41, 5.74) is 1.75. The molecule has 2 rings (SSSR count). The fourth-order valence-electron chi connectivity index (χ4n) is 1.95. The van der Waals surface area contributed by atoms with Crippen molar-refractivity contribution in [1.29, 1.82) is 0 Å². The predicted octanol–water partition coefficient (Wildman–Crippen LogP) is 1.25. The van der Waals surface area contributed by atoms with Gasteiger partial charge in [-0.15, -0.1) is 0 Å². The standard InChI is InChI=1S/C13H21N3O2S/c1-11(2)19(17,18)15-12-3-5-13(6-4-12)16-9-7-14-8-10-16/h3-6,11,14-15H,7-10H2,1-2H3. The summed E-state index contributed by atoms with van der Waals surface area (Å²) in [5, 5.41) is 2.88. The van der Waals surface area contributed by atoms with E-state index in [-0.39, 0.29) is 0 Å². The fourth-order valence-corrected chi connectivity index (χ4v) is 2.65. The van der Waals surface area contributed by atoms with Gasteiger partial charge in [0, 0.05) is 37.6 Å². The van der Waals surface area contributed by atoms with Gasteiger partial charge >= 0.3 is 0 Å². The summed E-state index contributed by atoms with van der Waals surface area (Å²) in [6, 6.07) is 7.56. The molecular formula is C13H21N3O2S. The first-order valence-electron chi connectivity index (χ1n) is 6.56. The molecule has 0 radical (unpaired) electrons. The third-order valence-corrected chi connectivity index (χ3v) is 4.99. The monoisotopic (exact) mass is 283 g/mol. The molecule has 1 aromatic carbocycles. The summed E-state index contributed by atoms with van der Waals surface area (Å²) < 4.78 is 26.1. The maximum absolute atomic E-state index is 11.8. The molecule has 1 aliphatic rings. The molecule has 0 spiro atoms. The fraction of sp³-hybridized carbons (Fsp3) is 0.538. The Hall–Kier alpha value is -1.27. The smallest absolute Gasteiger partial charge is 0.235 e. The van der Waals surface area contributed by atoms with Crippen molar-refractivity contribution in [3.63, 3.8) is 0 Å². The first kappa shape index (κ1) is 14.1. The zero-order valence-corrected chi connectivity index (χ0v) is 12.2. The number of nitrogens with zero attached hydrogens (tertiary/aromatic N) is 1. The highest BCUT2D eigenvalue weighted by Crippen LogP contribution is 2.19. The zero-order chi connectivity index (χ0) is 13.9. The van der Waals surface area contributed by atoms with Gasteiger partial charge in [-0.05, 0) is 38.1 Å². The molecule has 0 amide bonds. The minimum absolute atomic E-state index is 0.430. The Balaban J connectivity index is 2.06. The lowest BCUT2D eigenvalue weighted by Gasteiger charge is -2.29. The molecule has 0 unspecified atom stereocenters. The molecule has 106 valence electrons. The highest BCUT2D eigenvalue weighted by molar-refractivity contribution is 7.93. The summed E-state index contributed by atoms with van der Waals surface area (Å²) >= 11 is 0. The maximum Gasteiger partial charge on any atom is 0.235 e. The van der Waals surface area contributed by atoms with Gasteiger partial charge in [-0.25, -0.2) is 8.42 Å².